The van der Waals surface area contributed by atoms with Crippen LogP contribution in [0, 0.1) is 6.92 Å². The minimum Gasteiger partial charge on any atom is -0.292 e. The second-order valence-corrected chi connectivity index (χ2v) is 9.98. The van der Waals surface area contributed by atoms with Gasteiger partial charge in [-0.25, -0.2) is 12.7 Å². The number of sulfonamides is 1. The Morgan fingerprint density at radius 2 is 1.85 bits per heavy atom. The third-order valence-electron chi connectivity index (χ3n) is 4.45. The van der Waals surface area contributed by atoms with Crippen molar-refractivity contribution >= 4 is 33.2 Å². The minimum absolute atomic E-state index is 0.119. The van der Waals surface area contributed by atoms with Gasteiger partial charge in [-0.1, -0.05) is 30.2 Å². The number of rotatable bonds is 6. The Hall–Kier alpha value is -1.66. The van der Waals surface area contributed by atoms with E-state index in [2.05, 4.69) is 4.99 Å². The Bertz CT molecular complexity index is 882. The lowest BCUT2D eigenvalue weighted by molar-refractivity contribution is -0.118. The zero-order valence-corrected chi connectivity index (χ0v) is 18.2. The van der Waals surface area contributed by atoms with Gasteiger partial charge in [0, 0.05) is 0 Å². The molecule has 0 spiro atoms. The van der Waals surface area contributed by atoms with Gasteiger partial charge in [0.1, 0.15) is 11.9 Å². The molecule has 0 N–H and O–H groups in total. The summed E-state index contributed by atoms with van der Waals surface area (Å²) in [5, 5.41) is -0.603. The van der Waals surface area contributed by atoms with E-state index in [1.54, 1.807) is 52.0 Å². The summed E-state index contributed by atoms with van der Waals surface area (Å²) in [6.45, 7) is 10.9. The fourth-order valence-corrected chi connectivity index (χ4v) is 5.10. The average Bonchev–Trinajstić information content (AvgIpc) is 2.86. The molecule has 0 aromatic heterocycles. The molecule has 0 saturated heterocycles. The number of alkyl halides is 1. The number of hydrogen-bond acceptors (Lipinski definition) is 4. The zero-order chi connectivity index (χ0) is 20.6. The Morgan fingerprint density at radius 1 is 1.30 bits per heavy atom. The normalized spacial score (nSPS) is 20.2. The molecule has 2 rings (SSSR count). The highest BCUT2D eigenvalue weighted by Crippen LogP contribution is 2.36. The number of halogens is 1. The van der Waals surface area contributed by atoms with E-state index < -0.39 is 27.0 Å². The van der Waals surface area contributed by atoms with Gasteiger partial charge in [-0.15, -0.1) is 11.6 Å². The molecule has 0 amide bonds. The van der Waals surface area contributed by atoms with Gasteiger partial charge < -0.3 is 0 Å². The van der Waals surface area contributed by atoms with Crippen molar-refractivity contribution in [2.24, 2.45) is 4.99 Å². The molecule has 0 saturated carbocycles. The molecule has 2 unspecified atom stereocenters. The number of amidine groups is 1. The molecule has 7 heteroatoms. The first kappa shape index (κ1) is 21.6. The van der Waals surface area contributed by atoms with Crippen molar-refractivity contribution in [1.29, 1.82) is 0 Å². The summed E-state index contributed by atoms with van der Waals surface area (Å²) < 4.78 is 28.1. The number of nitrogens with zero attached hydrogens (tertiary/aromatic N) is 2. The maximum atomic E-state index is 13.5. The fraction of sp³-hybridized carbons (Fsp3) is 0.500. The summed E-state index contributed by atoms with van der Waals surface area (Å²) in [5.41, 5.74) is 0.832. The van der Waals surface area contributed by atoms with Crippen molar-refractivity contribution in [3.05, 3.63) is 41.5 Å². The van der Waals surface area contributed by atoms with Crippen LogP contribution in [0.3, 0.4) is 0 Å². The van der Waals surface area contributed by atoms with E-state index in [1.165, 1.54) is 6.08 Å². The molecule has 0 radical (unpaired) electrons. The predicted octanol–water partition coefficient (Wildman–Crippen LogP) is 4.10. The molecule has 1 heterocycles. The molecule has 1 aromatic carbocycles. The lowest BCUT2D eigenvalue weighted by atomic mass is 9.92. The molecule has 0 fully saturated rings. The maximum Gasteiger partial charge on any atom is 0.266 e. The van der Waals surface area contributed by atoms with Gasteiger partial charge in [0.25, 0.3) is 10.0 Å². The third kappa shape index (κ3) is 4.27. The summed E-state index contributed by atoms with van der Waals surface area (Å²) >= 11 is 6.42. The van der Waals surface area contributed by atoms with Crippen LogP contribution in [0.1, 0.15) is 46.6 Å². The Labute approximate surface area is 167 Å². The molecule has 148 valence electrons. The summed E-state index contributed by atoms with van der Waals surface area (Å²) in [4.78, 5) is 17.7. The van der Waals surface area contributed by atoms with Crippen LogP contribution in [0.25, 0.3) is 0 Å². The number of allylic oxidation sites excluding steroid dienone is 1. The van der Waals surface area contributed by atoms with E-state index in [1.807, 2.05) is 13.8 Å². The Morgan fingerprint density at radius 3 is 2.33 bits per heavy atom. The standard InChI is InChI=1S/C20H27ClN2O3S/c1-7-16(21)19-22-20(5,6)18(17(24)12-13(2)3)23(19)27(25,26)15-10-8-14(4)9-11-15/h8-12,16,18H,7H2,1-6H3. The van der Waals surface area contributed by atoms with Crippen molar-refractivity contribution in [3.63, 3.8) is 0 Å². The number of carbonyl (C=O) groups excluding carboxylic acids is 1. The predicted molar refractivity (Wildman–Crippen MR) is 110 cm³/mol. The van der Waals surface area contributed by atoms with Crippen molar-refractivity contribution in [1.82, 2.24) is 4.31 Å². The fourth-order valence-electron chi connectivity index (χ4n) is 3.13. The topological polar surface area (TPSA) is 66.8 Å². The van der Waals surface area contributed by atoms with Crippen LogP contribution in [-0.2, 0) is 14.8 Å². The van der Waals surface area contributed by atoms with Gasteiger partial charge in [-0.2, -0.15) is 0 Å². The summed E-state index contributed by atoms with van der Waals surface area (Å²) in [7, 11) is -3.99. The second kappa shape index (κ2) is 7.76. The van der Waals surface area contributed by atoms with Gasteiger partial charge in [0.05, 0.1) is 15.8 Å². The highest BCUT2D eigenvalue weighted by Gasteiger charge is 2.52. The van der Waals surface area contributed by atoms with Gasteiger partial charge >= 0.3 is 0 Å². The monoisotopic (exact) mass is 410 g/mol. The molecule has 1 aliphatic heterocycles. The molecule has 1 aliphatic rings. The molecule has 2 atom stereocenters. The first-order valence-corrected chi connectivity index (χ1v) is 10.8. The van der Waals surface area contributed by atoms with Gasteiger partial charge in [0.15, 0.2) is 5.78 Å². The molecular formula is C20H27ClN2O3S. The van der Waals surface area contributed by atoms with E-state index in [9.17, 15) is 13.2 Å². The molecule has 5 nitrogen and oxygen atoms in total. The quantitative estimate of drug-likeness (QED) is 0.523. The molecule has 27 heavy (non-hydrogen) atoms. The summed E-state index contributed by atoms with van der Waals surface area (Å²) in [6, 6.07) is 5.59. The zero-order valence-electron chi connectivity index (χ0n) is 16.7. The largest absolute Gasteiger partial charge is 0.292 e. The second-order valence-electron chi connectivity index (χ2n) is 7.64. The smallest absolute Gasteiger partial charge is 0.266 e. The SMILES string of the molecule is CCC(Cl)C1=NC(C)(C)C(C(=O)C=C(C)C)N1S(=O)(=O)c1ccc(C)cc1. The minimum atomic E-state index is -3.99. The molecule has 0 aliphatic carbocycles. The van der Waals surface area contributed by atoms with Crippen LogP contribution in [0.15, 0.2) is 45.8 Å². The molecular weight excluding hydrogens is 384 g/mol. The van der Waals surface area contributed by atoms with Crippen molar-refractivity contribution in [3.8, 4) is 0 Å². The van der Waals surface area contributed by atoms with E-state index >= 15 is 0 Å². The lowest BCUT2D eigenvalue weighted by Crippen LogP contribution is -2.52. The number of benzene rings is 1. The number of ketones is 1. The van der Waals surface area contributed by atoms with E-state index in [0.29, 0.717) is 6.42 Å². The molecule has 0 bridgehead atoms. The maximum absolute atomic E-state index is 13.5. The number of aliphatic imine (C=N–C) groups is 1. The van der Waals surface area contributed by atoms with E-state index in [4.69, 9.17) is 11.6 Å². The number of aryl methyl sites for hydroxylation is 1. The average molecular weight is 411 g/mol. The molecule has 1 aromatic rings. The van der Waals surface area contributed by atoms with Gasteiger partial charge in [-0.05, 0) is 59.2 Å². The van der Waals surface area contributed by atoms with Crippen LogP contribution in [0.2, 0.25) is 0 Å². The van der Waals surface area contributed by atoms with Crippen molar-refractivity contribution in [2.75, 3.05) is 0 Å². The van der Waals surface area contributed by atoms with Crippen molar-refractivity contribution < 1.29 is 13.2 Å². The highest BCUT2D eigenvalue weighted by atomic mass is 35.5. The van der Waals surface area contributed by atoms with E-state index in [0.717, 1.165) is 15.4 Å². The van der Waals surface area contributed by atoms with Gasteiger partial charge in [0.2, 0.25) is 0 Å². The Balaban J connectivity index is 2.67. The van der Waals surface area contributed by atoms with Gasteiger partial charge in [-0.3, -0.25) is 9.79 Å². The summed E-state index contributed by atoms with van der Waals surface area (Å²) in [6.07, 6.45) is 1.97. The Kier molecular flexibility index (Phi) is 6.22. The highest BCUT2D eigenvalue weighted by molar-refractivity contribution is 7.89. The van der Waals surface area contributed by atoms with Crippen LogP contribution in [0.5, 0.6) is 0 Å². The summed E-state index contributed by atoms with van der Waals surface area (Å²) in [5.74, 6) is -0.0698. The van der Waals surface area contributed by atoms with Crippen LogP contribution >= 0.6 is 11.6 Å². The third-order valence-corrected chi connectivity index (χ3v) is 6.74. The first-order valence-electron chi connectivity index (χ1n) is 8.95. The van der Waals surface area contributed by atoms with Crippen LogP contribution in [-0.4, -0.2) is 41.3 Å². The van der Waals surface area contributed by atoms with E-state index in [-0.39, 0.29) is 16.5 Å². The van der Waals surface area contributed by atoms with Crippen molar-refractivity contribution in [2.45, 2.75) is 69.8 Å². The van der Waals surface area contributed by atoms with Crippen LogP contribution < -0.4 is 0 Å². The van der Waals surface area contributed by atoms with Crippen LogP contribution in [0.4, 0.5) is 0 Å². The first-order chi connectivity index (χ1) is 12.4. The lowest BCUT2D eigenvalue weighted by Gasteiger charge is -2.32. The number of carbonyl (C=O) groups is 1. The number of hydrogen-bond donors (Lipinski definition) is 0.